The molecule has 1 aromatic rings. The fourth-order valence-electron chi connectivity index (χ4n) is 1.42. The molecule has 0 aliphatic carbocycles. The van der Waals surface area contributed by atoms with E-state index in [-0.39, 0.29) is 4.49 Å². The van der Waals surface area contributed by atoms with Gasteiger partial charge >= 0.3 is 0 Å². The lowest BCUT2D eigenvalue weighted by molar-refractivity contribution is 0.357. The lowest BCUT2D eigenvalue weighted by atomic mass is 10.1. The van der Waals surface area contributed by atoms with Gasteiger partial charge in [0.25, 0.3) is 0 Å². The Labute approximate surface area is 116 Å². The predicted molar refractivity (Wildman–Crippen MR) is 72.8 cm³/mol. The van der Waals surface area contributed by atoms with E-state index in [1.54, 1.807) is 13.2 Å². The summed E-state index contributed by atoms with van der Waals surface area (Å²) in [6, 6.07) is 1.87. The van der Waals surface area contributed by atoms with E-state index in [0.717, 1.165) is 11.1 Å². The van der Waals surface area contributed by atoms with Crippen LogP contribution >= 0.6 is 34.8 Å². The first kappa shape index (κ1) is 14.5. The van der Waals surface area contributed by atoms with Gasteiger partial charge in [0.2, 0.25) is 0 Å². The standard InChI is InChI=1S/C12H13Cl3O2/c1-7-6-9(17-5-4-10(13)14)8(2)11(15)12(7)16-3/h4,6H,5H2,1-3H3. The molecule has 0 fully saturated rings. The van der Waals surface area contributed by atoms with Gasteiger partial charge in [-0.1, -0.05) is 34.8 Å². The van der Waals surface area contributed by atoms with Crippen molar-refractivity contribution in [1.29, 1.82) is 0 Å². The summed E-state index contributed by atoms with van der Waals surface area (Å²) in [6.07, 6.45) is 1.57. The molecule has 0 saturated heterocycles. The molecule has 0 amide bonds. The Balaban J connectivity index is 2.98. The van der Waals surface area contributed by atoms with E-state index in [9.17, 15) is 0 Å². The van der Waals surface area contributed by atoms with Crippen molar-refractivity contribution >= 4 is 34.8 Å². The molecule has 0 bridgehead atoms. The summed E-state index contributed by atoms with van der Waals surface area (Å²) in [7, 11) is 1.59. The lowest BCUT2D eigenvalue weighted by Crippen LogP contribution is -1.99. The van der Waals surface area contributed by atoms with Crippen LogP contribution in [0.3, 0.4) is 0 Å². The molecule has 0 unspecified atom stereocenters. The smallest absolute Gasteiger partial charge is 0.140 e. The molecule has 1 aromatic carbocycles. The van der Waals surface area contributed by atoms with Crippen LogP contribution in [0.1, 0.15) is 11.1 Å². The number of ether oxygens (including phenoxy) is 2. The third-order valence-corrected chi connectivity index (χ3v) is 3.05. The Morgan fingerprint density at radius 1 is 1.35 bits per heavy atom. The molecular weight excluding hydrogens is 282 g/mol. The molecule has 0 aliphatic heterocycles. The number of hydrogen-bond acceptors (Lipinski definition) is 2. The fraction of sp³-hybridized carbons (Fsp3) is 0.333. The third-order valence-electron chi connectivity index (χ3n) is 2.28. The van der Waals surface area contributed by atoms with Crippen LogP contribution in [0.2, 0.25) is 5.02 Å². The highest BCUT2D eigenvalue weighted by Crippen LogP contribution is 2.37. The molecule has 0 aliphatic rings. The second kappa shape index (κ2) is 6.39. The molecule has 0 radical (unpaired) electrons. The summed E-state index contributed by atoms with van der Waals surface area (Å²) in [5, 5.41) is 0.559. The third kappa shape index (κ3) is 3.70. The van der Waals surface area contributed by atoms with Gasteiger partial charge in [-0.2, -0.15) is 0 Å². The first-order chi connectivity index (χ1) is 7.97. The van der Waals surface area contributed by atoms with Crippen LogP contribution in [0.4, 0.5) is 0 Å². The van der Waals surface area contributed by atoms with Gasteiger partial charge in [0.05, 0.1) is 12.1 Å². The molecule has 2 nitrogen and oxygen atoms in total. The Bertz CT molecular complexity index is 438. The van der Waals surface area contributed by atoms with Gasteiger partial charge < -0.3 is 9.47 Å². The van der Waals surface area contributed by atoms with E-state index in [4.69, 9.17) is 44.3 Å². The van der Waals surface area contributed by atoms with Crippen LogP contribution in [0.5, 0.6) is 11.5 Å². The van der Waals surface area contributed by atoms with Crippen molar-refractivity contribution in [3.05, 3.63) is 32.8 Å². The largest absolute Gasteiger partial charge is 0.495 e. The van der Waals surface area contributed by atoms with Gasteiger partial charge in [0.15, 0.2) is 0 Å². The molecule has 0 N–H and O–H groups in total. The molecule has 1 rings (SSSR count). The average Bonchev–Trinajstić information content (AvgIpc) is 2.25. The maximum atomic E-state index is 6.17. The Morgan fingerprint density at radius 2 is 2.00 bits per heavy atom. The quantitative estimate of drug-likeness (QED) is 0.804. The molecule has 0 atom stereocenters. The molecule has 0 saturated carbocycles. The van der Waals surface area contributed by atoms with Crippen LogP contribution in [-0.2, 0) is 0 Å². The van der Waals surface area contributed by atoms with E-state index in [1.165, 1.54) is 0 Å². The van der Waals surface area contributed by atoms with E-state index >= 15 is 0 Å². The van der Waals surface area contributed by atoms with Gasteiger partial charge in [-0.05, 0) is 31.6 Å². The average molecular weight is 296 g/mol. The number of rotatable bonds is 4. The number of aryl methyl sites for hydroxylation is 1. The van der Waals surface area contributed by atoms with Crippen molar-refractivity contribution in [2.75, 3.05) is 13.7 Å². The number of methoxy groups -OCH3 is 1. The summed E-state index contributed by atoms with van der Waals surface area (Å²) in [4.78, 5) is 0. The summed E-state index contributed by atoms with van der Waals surface area (Å²) in [6.45, 7) is 4.07. The van der Waals surface area contributed by atoms with Crippen molar-refractivity contribution in [2.24, 2.45) is 0 Å². The molecule has 5 heteroatoms. The second-order valence-electron chi connectivity index (χ2n) is 3.47. The van der Waals surface area contributed by atoms with Crippen molar-refractivity contribution < 1.29 is 9.47 Å². The monoisotopic (exact) mass is 294 g/mol. The maximum Gasteiger partial charge on any atom is 0.140 e. The highest BCUT2D eigenvalue weighted by molar-refractivity contribution is 6.55. The molecular formula is C12H13Cl3O2. The van der Waals surface area contributed by atoms with Gasteiger partial charge in [-0.15, -0.1) is 0 Å². The molecule has 0 spiro atoms. The van der Waals surface area contributed by atoms with Gasteiger partial charge in [-0.3, -0.25) is 0 Å². The number of hydrogen-bond donors (Lipinski definition) is 0. The summed E-state index contributed by atoms with van der Waals surface area (Å²) >= 11 is 17.2. The normalized spacial score (nSPS) is 10.0. The zero-order valence-electron chi connectivity index (χ0n) is 9.81. The first-order valence-electron chi connectivity index (χ1n) is 4.95. The number of benzene rings is 1. The van der Waals surface area contributed by atoms with Crippen LogP contribution in [0.15, 0.2) is 16.6 Å². The first-order valence-corrected chi connectivity index (χ1v) is 6.08. The molecule has 0 heterocycles. The Kier molecular flexibility index (Phi) is 5.44. The second-order valence-corrected chi connectivity index (χ2v) is 4.85. The van der Waals surface area contributed by atoms with Crippen molar-refractivity contribution in [2.45, 2.75) is 13.8 Å². The summed E-state index contributed by atoms with van der Waals surface area (Å²) in [5.74, 6) is 1.36. The molecule has 17 heavy (non-hydrogen) atoms. The van der Waals surface area contributed by atoms with Gasteiger partial charge in [0.1, 0.15) is 22.6 Å². The zero-order valence-corrected chi connectivity index (χ0v) is 12.1. The Morgan fingerprint density at radius 3 is 2.53 bits per heavy atom. The predicted octanol–water partition coefficient (Wildman–Crippen LogP) is 4.66. The minimum absolute atomic E-state index is 0.180. The van der Waals surface area contributed by atoms with Crippen LogP contribution in [0.25, 0.3) is 0 Å². The van der Waals surface area contributed by atoms with E-state index in [2.05, 4.69) is 0 Å². The minimum atomic E-state index is 0.180. The van der Waals surface area contributed by atoms with Gasteiger partial charge in [-0.25, -0.2) is 0 Å². The molecule has 0 aromatic heterocycles. The topological polar surface area (TPSA) is 18.5 Å². The minimum Gasteiger partial charge on any atom is -0.495 e. The van der Waals surface area contributed by atoms with Crippen molar-refractivity contribution in [3.63, 3.8) is 0 Å². The van der Waals surface area contributed by atoms with E-state index < -0.39 is 0 Å². The lowest BCUT2D eigenvalue weighted by Gasteiger charge is -2.14. The highest BCUT2D eigenvalue weighted by Gasteiger charge is 2.12. The van der Waals surface area contributed by atoms with Crippen molar-refractivity contribution in [3.8, 4) is 11.5 Å². The summed E-state index contributed by atoms with van der Waals surface area (Å²) < 4.78 is 10.9. The zero-order chi connectivity index (χ0) is 13.0. The van der Waals surface area contributed by atoms with Crippen molar-refractivity contribution in [1.82, 2.24) is 0 Å². The summed E-state index contributed by atoms with van der Waals surface area (Å²) in [5.41, 5.74) is 1.74. The molecule has 94 valence electrons. The van der Waals surface area contributed by atoms with Crippen LogP contribution in [0, 0.1) is 13.8 Å². The fourth-order valence-corrected chi connectivity index (χ4v) is 1.86. The van der Waals surface area contributed by atoms with E-state index in [1.807, 2.05) is 19.9 Å². The van der Waals surface area contributed by atoms with Crippen LogP contribution in [-0.4, -0.2) is 13.7 Å². The Hall–Kier alpha value is -0.570. The highest BCUT2D eigenvalue weighted by atomic mass is 35.5. The van der Waals surface area contributed by atoms with Gasteiger partial charge in [0, 0.05) is 5.56 Å². The number of halogens is 3. The van der Waals surface area contributed by atoms with Crippen LogP contribution < -0.4 is 9.47 Å². The van der Waals surface area contributed by atoms with E-state index in [0.29, 0.717) is 23.1 Å². The maximum absolute atomic E-state index is 6.17. The SMILES string of the molecule is COc1c(C)cc(OCC=C(Cl)Cl)c(C)c1Cl.